The van der Waals surface area contributed by atoms with Crippen LogP contribution in [0.5, 0.6) is 0 Å². The van der Waals surface area contributed by atoms with Crippen molar-refractivity contribution < 1.29 is 29.3 Å². The average molecular weight is 249 g/mol. The van der Waals surface area contributed by atoms with E-state index in [1.54, 1.807) is 0 Å². The summed E-state index contributed by atoms with van der Waals surface area (Å²) in [5.41, 5.74) is 0. The van der Waals surface area contributed by atoms with Crippen molar-refractivity contribution in [3.63, 3.8) is 0 Å². The van der Waals surface area contributed by atoms with E-state index in [9.17, 15) is 19.8 Å². The number of hydrogen-bond donors (Lipinski definition) is 3. The van der Waals surface area contributed by atoms with Crippen LogP contribution in [0.25, 0.3) is 0 Å². The van der Waals surface area contributed by atoms with Crippen LogP contribution in [0.2, 0.25) is 0 Å². The number of hydrogen-bond acceptors (Lipinski definition) is 6. The van der Waals surface area contributed by atoms with Gasteiger partial charge in [0.05, 0.1) is 6.61 Å². The van der Waals surface area contributed by atoms with E-state index in [-0.39, 0.29) is 6.61 Å². The third-order valence-corrected chi connectivity index (χ3v) is 2.21. The van der Waals surface area contributed by atoms with Crippen LogP contribution in [0.3, 0.4) is 0 Å². The van der Waals surface area contributed by atoms with Gasteiger partial charge in [0.2, 0.25) is 5.91 Å². The smallest absolute Gasteiger partial charge is 0.217 e. The Morgan fingerprint density at radius 3 is 2.35 bits per heavy atom. The molecule has 0 radical (unpaired) electrons. The highest BCUT2D eigenvalue weighted by atomic mass is 16.5. The number of amides is 1. The lowest BCUT2D eigenvalue weighted by molar-refractivity contribution is -0.133. The van der Waals surface area contributed by atoms with Crippen LogP contribution in [0.15, 0.2) is 0 Å². The molecule has 0 aromatic carbocycles. The molecule has 1 amide bonds. The molecule has 0 aliphatic heterocycles. The molecule has 3 N–H and O–H groups in total. The first kappa shape index (κ1) is 16.0. The maximum absolute atomic E-state index is 10.9. The second kappa shape index (κ2) is 8.13. The van der Waals surface area contributed by atoms with Crippen molar-refractivity contribution in [2.45, 2.75) is 31.3 Å². The highest BCUT2D eigenvalue weighted by molar-refractivity contribution is 5.77. The first-order chi connectivity index (χ1) is 7.97. The van der Waals surface area contributed by atoms with Gasteiger partial charge in [-0.1, -0.05) is 0 Å². The highest BCUT2D eigenvalue weighted by Gasteiger charge is 2.33. The third-order valence-electron chi connectivity index (χ3n) is 2.21. The van der Waals surface area contributed by atoms with E-state index in [0.29, 0.717) is 6.29 Å². The maximum atomic E-state index is 10.9. The standard InChI is InChI=1S/C10H19NO6/c1-6(13)11-7(4-12)10(17-3)9(15)8(14)5-16-2/h4,7-10,14-15H,5H2,1-3H3,(H,11,13)/t7-,8+,9+,10+/m0/s1. The van der Waals surface area contributed by atoms with Gasteiger partial charge in [-0.3, -0.25) is 4.79 Å². The minimum atomic E-state index is -1.35. The number of carbonyl (C=O) groups excluding carboxylic acids is 2. The summed E-state index contributed by atoms with van der Waals surface area (Å²) in [4.78, 5) is 21.7. The Hall–Kier alpha value is -1.02. The molecule has 0 bridgehead atoms. The van der Waals surface area contributed by atoms with Crippen molar-refractivity contribution in [2.24, 2.45) is 0 Å². The molecule has 0 aliphatic rings. The van der Waals surface area contributed by atoms with Crippen LogP contribution in [-0.2, 0) is 19.1 Å². The molecule has 0 rings (SSSR count). The Balaban J connectivity index is 4.65. The third kappa shape index (κ3) is 5.22. The number of nitrogens with one attached hydrogen (secondary N) is 1. The second-order valence-electron chi connectivity index (χ2n) is 3.58. The molecule has 0 aromatic heterocycles. The minimum absolute atomic E-state index is 0.104. The Labute approximate surface area is 99.7 Å². The predicted octanol–water partition coefficient (Wildman–Crippen LogP) is -1.93. The maximum Gasteiger partial charge on any atom is 0.217 e. The molecule has 0 unspecified atom stereocenters. The number of carbonyl (C=O) groups is 2. The van der Waals surface area contributed by atoms with E-state index in [1.165, 1.54) is 21.1 Å². The molecule has 0 aliphatic carbocycles. The SMILES string of the molecule is COC[C@@H](O)[C@@H](O)[C@H](OC)[C@H](C=O)NC(C)=O. The van der Waals surface area contributed by atoms with E-state index in [2.05, 4.69) is 10.1 Å². The van der Waals surface area contributed by atoms with Crippen molar-refractivity contribution in [3.05, 3.63) is 0 Å². The molecule has 17 heavy (non-hydrogen) atoms. The van der Waals surface area contributed by atoms with Gasteiger partial charge >= 0.3 is 0 Å². The fraction of sp³-hybridized carbons (Fsp3) is 0.800. The second-order valence-corrected chi connectivity index (χ2v) is 3.58. The number of aliphatic hydroxyl groups excluding tert-OH is 2. The van der Waals surface area contributed by atoms with Crippen LogP contribution < -0.4 is 5.32 Å². The van der Waals surface area contributed by atoms with Crippen LogP contribution in [0.4, 0.5) is 0 Å². The number of rotatable bonds is 8. The van der Waals surface area contributed by atoms with Gasteiger partial charge in [0.25, 0.3) is 0 Å². The monoisotopic (exact) mass is 249 g/mol. The molecule has 0 spiro atoms. The number of ether oxygens (including phenoxy) is 2. The van der Waals surface area contributed by atoms with Crippen LogP contribution in [0.1, 0.15) is 6.92 Å². The zero-order valence-corrected chi connectivity index (χ0v) is 10.1. The van der Waals surface area contributed by atoms with E-state index in [4.69, 9.17) is 4.74 Å². The summed E-state index contributed by atoms with van der Waals surface area (Å²) in [5, 5.41) is 21.6. The Morgan fingerprint density at radius 1 is 1.41 bits per heavy atom. The van der Waals surface area contributed by atoms with Crippen molar-refractivity contribution in [2.75, 3.05) is 20.8 Å². The van der Waals surface area contributed by atoms with Gasteiger partial charge in [-0.05, 0) is 0 Å². The summed E-state index contributed by atoms with van der Waals surface area (Å²) < 4.78 is 9.59. The van der Waals surface area contributed by atoms with E-state index in [1.807, 2.05) is 0 Å². The zero-order chi connectivity index (χ0) is 13.4. The summed E-state index contributed by atoms with van der Waals surface area (Å²) >= 11 is 0. The Bertz CT molecular complexity index is 247. The van der Waals surface area contributed by atoms with Gasteiger partial charge in [0.15, 0.2) is 0 Å². The van der Waals surface area contributed by atoms with Crippen LogP contribution >= 0.6 is 0 Å². The number of aldehydes is 1. The lowest BCUT2D eigenvalue weighted by Crippen LogP contribution is -2.54. The van der Waals surface area contributed by atoms with E-state index in [0.717, 1.165) is 0 Å². The summed E-state index contributed by atoms with van der Waals surface area (Å²) in [6.07, 6.45) is -3.15. The molecule has 100 valence electrons. The minimum Gasteiger partial charge on any atom is -0.388 e. The lowest BCUT2D eigenvalue weighted by atomic mass is 10.0. The molecule has 7 nitrogen and oxygen atoms in total. The lowest BCUT2D eigenvalue weighted by Gasteiger charge is -2.29. The fourth-order valence-electron chi connectivity index (χ4n) is 1.42. The van der Waals surface area contributed by atoms with Crippen LogP contribution in [-0.4, -0.2) is 67.6 Å². The molecule has 0 saturated carbocycles. The van der Waals surface area contributed by atoms with Crippen molar-refractivity contribution in [3.8, 4) is 0 Å². The van der Waals surface area contributed by atoms with Gasteiger partial charge in [-0.15, -0.1) is 0 Å². The first-order valence-corrected chi connectivity index (χ1v) is 5.08. The van der Waals surface area contributed by atoms with Crippen molar-refractivity contribution >= 4 is 12.2 Å². The number of aliphatic hydroxyl groups is 2. The molecule has 0 fully saturated rings. The van der Waals surface area contributed by atoms with Gasteiger partial charge in [0.1, 0.15) is 30.6 Å². The zero-order valence-electron chi connectivity index (χ0n) is 10.1. The molecule has 0 heterocycles. The topological polar surface area (TPSA) is 105 Å². The highest BCUT2D eigenvalue weighted by Crippen LogP contribution is 2.08. The van der Waals surface area contributed by atoms with Gasteiger partial charge < -0.3 is 29.8 Å². The number of methoxy groups -OCH3 is 2. The van der Waals surface area contributed by atoms with Crippen molar-refractivity contribution in [1.29, 1.82) is 0 Å². The molecule has 4 atom stereocenters. The molecular weight excluding hydrogens is 230 g/mol. The van der Waals surface area contributed by atoms with Crippen molar-refractivity contribution in [1.82, 2.24) is 5.32 Å². The summed E-state index contributed by atoms with van der Waals surface area (Å²) in [7, 11) is 2.63. The largest absolute Gasteiger partial charge is 0.388 e. The Morgan fingerprint density at radius 2 is 2.00 bits per heavy atom. The summed E-state index contributed by atoms with van der Waals surface area (Å²) in [6.45, 7) is 1.13. The predicted molar refractivity (Wildman–Crippen MR) is 58.4 cm³/mol. The quantitative estimate of drug-likeness (QED) is 0.433. The first-order valence-electron chi connectivity index (χ1n) is 5.08. The van der Waals surface area contributed by atoms with E-state index >= 15 is 0 Å². The van der Waals surface area contributed by atoms with Gasteiger partial charge in [-0.2, -0.15) is 0 Å². The Kier molecular flexibility index (Phi) is 7.64. The molecular formula is C10H19NO6. The van der Waals surface area contributed by atoms with Crippen LogP contribution in [0, 0.1) is 0 Å². The molecule has 0 saturated heterocycles. The van der Waals surface area contributed by atoms with Gasteiger partial charge in [0, 0.05) is 21.1 Å². The van der Waals surface area contributed by atoms with E-state index < -0.39 is 30.3 Å². The molecule has 0 aromatic rings. The summed E-state index contributed by atoms with van der Waals surface area (Å²) in [5.74, 6) is -0.433. The normalized spacial score (nSPS) is 17.9. The van der Waals surface area contributed by atoms with Gasteiger partial charge in [-0.25, -0.2) is 0 Å². The average Bonchev–Trinajstić information content (AvgIpc) is 2.28. The molecule has 7 heteroatoms. The fourth-order valence-corrected chi connectivity index (χ4v) is 1.42. The summed E-state index contributed by atoms with van der Waals surface area (Å²) in [6, 6.07) is -1.03.